The summed E-state index contributed by atoms with van der Waals surface area (Å²) >= 11 is 0. The molecule has 1 heterocycles. The highest BCUT2D eigenvalue weighted by Crippen LogP contribution is 2.31. The third-order valence-electron chi connectivity index (χ3n) is 3.10. The summed E-state index contributed by atoms with van der Waals surface area (Å²) in [5.41, 5.74) is 0.565. The van der Waals surface area contributed by atoms with Crippen LogP contribution in [0, 0.1) is 0 Å². The van der Waals surface area contributed by atoms with Crippen LogP contribution in [0.15, 0.2) is 22.7 Å². The van der Waals surface area contributed by atoms with E-state index in [1.165, 1.54) is 14.2 Å². The molecule has 0 N–H and O–H groups in total. The van der Waals surface area contributed by atoms with Crippen LogP contribution in [-0.2, 0) is 25.1 Å². The number of rotatable bonds is 8. The van der Waals surface area contributed by atoms with Gasteiger partial charge < -0.3 is 18.7 Å². The molecule has 2 rings (SSSR count). The largest absolute Gasteiger partial charge is 0.493 e. The van der Waals surface area contributed by atoms with Gasteiger partial charge in [-0.15, -0.1) is 0 Å². The van der Waals surface area contributed by atoms with Crippen LogP contribution < -0.4 is 9.47 Å². The second kappa shape index (κ2) is 7.97. The summed E-state index contributed by atoms with van der Waals surface area (Å²) < 4.78 is 43.8. The summed E-state index contributed by atoms with van der Waals surface area (Å²) in [6.07, 6.45) is 0. The van der Waals surface area contributed by atoms with Crippen molar-refractivity contribution in [3.05, 3.63) is 24.1 Å². The Bertz CT molecular complexity index is 845. The molecule has 0 unspecified atom stereocenters. The van der Waals surface area contributed by atoms with Gasteiger partial charge in [-0.25, -0.2) is 8.42 Å². The van der Waals surface area contributed by atoms with Crippen molar-refractivity contribution < 1.29 is 31.9 Å². The minimum atomic E-state index is -3.76. The Balaban J connectivity index is 2.16. The van der Waals surface area contributed by atoms with Crippen molar-refractivity contribution in [3.63, 3.8) is 0 Å². The van der Waals surface area contributed by atoms with Gasteiger partial charge in [0.2, 0.25) is 11.7 Å². The quantitative estimate of drug-likeness (QED) is 0.632. The molecule has 0 bridgehead atoms. The first-order valence-corrected chi connectivity index (χ1v) is 9.11. The zero-order valence-corrected chi connectivity index (χ0v) is 14.8. The van der Waals surface area contributed by atoms with Gasteiger partial charge >= 0.3 is 5.97 Å². The van der Waals surface area contributed by atoms with Crippen molar-refractivity contribution in [3.8, 4) is 22.9 Å². The average molecular weight is 370 g/mol. The van der Waals surface area contributed by atoms with Crippen molar-refractivity contribution in [1.82, 2.24) is 10.1 Å². The Morgan fingerprint density at radius 1 is 1.20 bits per heavy atom. The summed E-state index contributed by atoms with van der Waals surface area (Å²) in [6.45, 7) is 1.70. The van der Waals surface area contributed by atoms with Crippen LogP contribution in [0.3, 0.4) is 0 Å². The van der Waals surface area contributed by atoms with Crippen molar-refractivity contribution in [2.24, 2.45) is 0 Å². The summed E-state index contributed by atoms with van der Waals surface area (Å²) in [4.78, 5) is 15.4. The molecule has 0 aliphatic rings. The number of aromatic nitrogens is 2. The van der Waals surface area contributed by atoms with E-state index < -0.39 is 27.3 Å². The molecular weight excluding hydrogens is 352 g/mol. The Morgan fingerprint density at radius 3 is 2.56 bits per heavy atom. The Kier molecular flexibility index (Phi) is 5.97. The Labute approximate surface area is 144 Å². The molecule has 9 nitrogen and oxygen atoms in total. The monoisotopic (exact) mass is 370 g/mol. The van der Waals surface area contributed by atoms with Gasteiger partial charge in [0.1, 0.15) is 11.5 Å². The lowest BCUT2D eigenvalue weighted by Crippen LogP contribution is -2.20. The minimum Gasteiger partial charge on any atom is -0.493 e. The predicted octanol–water partition coefficient (Wildman–Crippen LogP) is 1.23. The molecule has 0 amide bonds. The summed E-state index contributed by atoms with van der Waals surface area (Å²) in [5.74, 6) is -1.02. The van der Waals surface area contributed by atoms with Gasteiger partial charge in [-0.05, 0) is 25.1 Å². The van der Waals surface area contributed by atoms with E-state index in [9.17, 15) is 13.2 Å². The maximum atomic E-state index is 11.9. The molecule has 0 saturated heterocycles. The second-order valence-electron chi connectivity index (χ2n) is 4.92. The van der Waals surface area contributed by atoms with Gasteiger partial charge in [-0.3, -0.25) is 4.79 Å². The van der Waals surface area contributed by atoms with Crippen LogP contribution in [0.25, 0.3) is 11.4 Å². The maximum absolute atomic E-state index is 11.9. The van der Waals surface area contributed by atoms with Gasteiger partial charge in [0.05, 0.1) is 20.8 Å². The fourth-order valence-electron chi connectivity index (χ4n) is 2.03. The molecule has 136 valence electrons. The van der Waals surface area contributed by atoms with Gasteiger partial charge in [0, 0.05) is 5.56 Å². The molecule has 0 fully saturated rings. The number of hydrogen-bond acceptors (Lipinski definition) is 9. The fourth-order valence-corrected chi connectivity index (χ4v) is 3.07. The Morgan fingerprint density at radius 2 is 1.92 bits per heavy atom. The number of nitrogens with zero attached hydrogens (tertiary/aromatic N) is 2. The maximum Gasteiger partial charge on any atom is 0.321 e. The zero-order valence-electron chi connectivity index (χ0n) is 14.0. The molecule has 0 atom stereocenters. The van der Waals surface area contributed by atoms with Crippen molar-refractivity contribution in [2.45, 2.75) is 12.7 Å². The van der Waals surface area contributed by atoms with E-state index in [-0.39, 0.29) is 18.3 Å². The molecule has 0 radical (unpaired) electrons. The molecule has 0 spiro atoms. The van der Waals surface area contributed by atoms with E-state index in [4.69, 9.17) is 14.0 Å². The smallest absolute Gasteiger partial charge is 0.321 e. The number of benzene rings is 1. The van der Waals surface area contributed by atoms with E-state index in [2.05, 4.69) is 14.9 Å². The number of hydrogen-bond donors (Lipinski definition) is 0. The average Bonchev–Trinajstić information content (AvgIpc) is 3.01. The van der Waals surface area contributed by atoms with E-state index in [0.29, 0.717) is 17.1 Å². The van der Waals surface area contributed by atoms with Crippen molar-refractivity contribution in [1.29, 1.82) is 0 Å². The van der Waals surface area contributed by atoms with Crippen LogP contribution in [0.5, 0.6) is 11.5 Å². The fraction of sp³-hybridized carbons (Fsp3) is 0.400. The van der Waals surface area contributed by atoms with E-state index in [1.807, 2.05) is 0 Å². The topological polar surface area (TPSA) is 118 Å². The first kappa shape index (κ1) is 18.7. The van der Waals surface area contributed by atoms with Gasteiger partial charge in [-0.1, -0.05) is 5.16 Å². The van der Waals surface area contributed by atoms with E-state index >= 15 is 0 Å². The molecule has 25 heavy (non-hydrogen) atoms. The standard InChI is InChI=1S/C15H18N2O7S/c1-4-23-14(18)9-25(19,20)8-13-16-15(17-24-13)10-5-6-11(21-2)12(7-10)22-3/h5-7H,4,8-9H2,1-3H3. The number of carbonyl (C=O) groups is 1. The molecule has 2 aromatic rings. The summed E-state index contributed by atoms with van der Waals surface area (Å²) in [5, 5.41) is 3.75. The molecule has 1 aromatic heterocycles. The first-order chi connectivity index (χ1) is 11.9. The van der Waals surface area contributed by atoms with Gasteiger partial charge in [-0.2, -0.15) is 4.98 Å². The van der Waals surface area contributed by atoms with E-state index in [0.717, 1.165) is 0 Å². The van der Waals surface area contributed by atoms with Crippen LogP contribution in [-0.4, -0.2) is 51.1 Å². The van der Waals surface area contributed by atoms with Crippen LogP contribution in [0.4, 0.5) is 0 Å². The molecule has 1 aromatic carbocycles. The highest BCUT2D eigenvalue weighted by atomic mass is 32.2. The third kappa shape index (κ3) is 4.92. The lowest BCUT2D eigenvalue weighted by atomic mass is 10.2. The van der Waals surface area contributed by atoms with Crippen LogP contribution in [0.1, 0.15) is 12.8 Å². The number of esters is 1. The number of carbonyl (C=O) groups excluding carboxylic acids is 1. The molecule has 0 saturated carbocycles. The van der Waals surface area contributed by atoms with Crippen LogP contribution in [0.2, 0.25) is 0 Å². The van der Waals surface area contributed by atoms with Gasteiger partial charge in [0.15, 0.2) is 21.3 Å². The number of sulfone groups is 1. The normalized spacial score (nSPS) is 11.2. The van der Waals surface area contributed by atoms with E-state index in [1.54, 1.807) is 25.1 Å². The van der Waals surface area contributed by atoms with Crippen molar-refractivity contribution in [2.75, 3.05) is 26.6 Å². The molecular formula is C15H18N2O7S. The minimum absolute atomic E-state index is 0.109. The van der Waals surface area contributed by atoms with Crippen LogP contribution >= 0.6 is 0 Å². The highest BCUT2D eigenvalue weighted by molar-refractivity contribution is 7.91. The number of methoxy groups -OCH3 is 2. The highest BCUT2D eigenvalue weighted by Gasteiger charge is 2.22. The first-order valence-electron chi connectivity index (χ1n) is 7.29. The summed E-state index contributed by atoms with van der Waals surface area (Å²) in [7, 11) is -0.760. The van der Waals surface area contributed by atoms with Crippen molar-refractivity contribution >= 4 is 15.8 Å². The lowest BCUT2D eigenvalue weighted by Gasteiger charge is -2.07. The summed E-state index contributed by atoms with van der Waals surface area (Å²) in [6, 6.07) is 4.99. The zero-order chi connectivity index (χ0) is 18.4. The second-order valence-corrected chi connectivity index (χ2v) is 6.98. The Hall–Kier alpha value is -2.62. The predicted molar refractivity (Wildman–Crippen MR) is 87.0 cm³/mol. The third-order valence-corrected chi connectivity index (χ3v) is 4.46. The molecule has 10 heteroatoms. The molecule has 0 aliphatic heterocycles. The SMILES string of the molecule is CCOC(=O)CS(=O)(=O)Cc1nc(-c2ccc(OC)c(OC)c2)no1. The van der Waals surface area contributed by atoms with Gasteiger partial charge in [0.25, 0.3) is 0 Å². The number of ether oxygens (including phenoxy) is 3. The lowest BCUT2D eigenvalue weighted by molar-refractivity contribution is -0.139. The molecule has 0 aliphatic carbocycles.